The highest BCUT2D eigenvalue weighted by Crippen LogP contribution is 2.17. The molecule has 0 aliphatic rings. The van der Waals surface area contributed by atoms with Crippen LogP contribution in [0, 0.1) is 6.92 Å². The van der Waals surface area contributed by atoms with Gasteiger partial charge in [-0.15, -0.1) is 11.8 Å². The number of amides is 1. The van der Waals surface area contributed by atoms with Crippen LogP contribution in [0.2, 0.25) is 0 Å². The van der Waals surface area contributed by atoms with Crippen molar-refractivity contribution in [2.75, 3.05) is 7.05 Å². The molecule has 14 heavy (non-hydrogen) atoms. The number of hydrogen-bond acceptors (Lipinski definition) is 4. The Labute approximate surface area is 87.4 Å². The summed E-state index contributed by atoms with van der Waals surface area (Å²) in [6.07, 6.45) is 0. The largest absolute Gasteiger partial charge is 0.361 e. The molecule has 5 heteroatoms. The predicted octanol–water partition coefficient (Wildman–Crippen LogP) is 1.35. The van der Waals surface area contributed by atoms with Gasteiger partial charge in [0, 0.05) is 18.9 Å². The summed E-state index contributed by atoms with van der Waals surface area (Å²) in [5, 5.41) is 6.39. The fourth-order valence-electron chi connectivity index (χ4n) is 0.975. The van der Waals surface area contributed by atoms with Gasteiger partial charge in [0.2, 0.25) is 5.91 Å². The molecular formula is C9H14N2O2S. The lowest BCUT2D eigenvalue weighted by Crippen LogP contribution is -2.27. The van der Waals surface area contributed by atoms with Gasteiger partial charge in [-0.3, -0.25) is 4.79 Å². The molecule has 1 amide bonds. The van der Waals surface area contributed by atoms with Gasteiger partial charge in [0.15, 0.2) is 0 Å². The maximum atomic E-state index is 11.2. The second kappa shape index (κ2) is 5.05. The molecule has 78 valence electrons. The van der Waals surface area contributed by atoms with Crippen LogP contribution in [0.25, 0.3) is 0 Å². The number of aryl methyl sites for hydroxylation is 1. The van der Waals surface area contributed by atoms with Gasteiger partial charge in [0.25, 0.3) is 0 Å². The molecule has 4 nitrogen and oxygen atoms in total. The Balaban J connectivity index is 2.37. The third-order valence-corrected chi connectivity index (χ3v) is 2.95. The molecule has 0 aliphatic heterocycles. The van der Waals surface area contributed by atoms with Crippen molar-refractivity contribution in [1.82, 2.24) is 10.5 Å². The van der Waals surface area contributed by atoms with Gasteiger partial charge in [0.05, 0.1) is 10.9 Å². The number of aromatic nitrogens is 1. The van der Waals surface area contributed by atoms with Gasteiger partial charge in [-0.1, -0.05) is 5.16 Å². The van der Waals surface area contributed by atoms with Crippen molar-refractivity contribution < 1.29 is 9.32 Å². The monoisotopic (exact) mass is 214 g/mol. The molecule has 0 aliphatic carbocycles. The van der Waals surface area contributed by atoms with Crippen LogP contribution >= 0.6 is 11.8 Å². The summed E-state index contributed by atoms with van der Waals surface area (Å²) in [6, 6.07) is 1.88. The van der Waals surface area contributed by atoms with E-state index in [0.717, 1.165) is 11.5 Å². The zero-order valence-electron chi connectivity index (χ0n) is 8.53. The van der Waals surface area contributed by atoms with Crippen molar-refractivity contribution in [3.63, 3.8) is 0 Å². The second-order valence-electron chi connectivity index (χ2n) is 3.00. The molecule has 1 rings (SSSR count). The first-order valence-electron chi connectivity index (χ1n) is 4.39. The maximum absolute atomic E-state index is 11.2. The predicted molar refractivity (Wildman–Crippen MR) is 56.1 cm³/mol. The number of hydrogen-bond donors (Lipinski definition) is 1. The SMILES string of the molecule is CNC(=O)[C@H](C)SCc1cc(C)on1. The first-order chi connectivity index (χ1) is 6.63. The summed E-state index contributed by atoms with van der Waals surface area (Å²) in [5.41, 5.74) is 0.878. The van der Waals surface area contributed by atoms with Crippen LogP contribution in [0.15, 0.2) is 10.6 Å². The lowest BCUT2D eigenvalue weighted by Gasteiger charge is -2.07. The Morgan fingerprint density at radius 1 is 1.79 bits per heavy atom. The van der Waals surface area contributed by atoms with Crippen molar-refractivity contribution in [1.29, 1.82) is 0 Å². The standard InChI is InChI=1S/C9H14N2O2S/c1-6-4-8(11-13-6)5-14-7(2)9(12)10-3/h4,7H,5H2,1-3H3,(H,10,12)/t7-/m0/s1. The first-order valence-corrected chi connectivity index (χ1v) is 5.43. The van der Waals surface area contributed by atoms with Gasteiger partial charge in [-0.25, -0.2) is 0 Å². The Morgan fingerprint density at radius 2 is 2.50 bits per heavy atom. The summed E-state index contributed by atoms with van der Waals surface area (Å²) in [5.74, 6) is 1.54. The molecule has 0 saturated carbocycles. The van der Waals surface area contributed by atoms with Crippen molar-refractivity contribution in [3.8, 4) is 0 Å². The molecule has 0 saturated heterocycles. The Hall–Kier alpha value is -0.970. The van der Waals surface area contributed by atoms with E-state index >= 15 is 0 Å². The third kappa shape index (κ3) is 3.06. The lowest BCUT2D eigenvalue weighted by atomic mass is 10.4. The van der Waals surface area contributed by atoms with E-state index in [9.17, 15) is 4.79 Å². The van der Waals surface area contributed by atoms with E-state index < -0.39 is 0 Å². The molecule has 1 heterocycles. The Bertz CT molecular complexity index is 312. The average Bonchev–Trinajstić information content (AvgIpc) is 2.59. The molecule has 0 bridgehead atoms. The molecule has 1 aromatic heterocycles. The summed E-state index contributed by atoms with van der Waals surface area (Å²) in [4.78, 5) is 11.2. The molecule has 0 aromatic carbocycles. The number of thioether (sulfide) groups is 1. The minimum Gasteiger partial charge on any atom is -0.361 e. The number of nitrogens with one attached hydrogen (secondary N) is 1. The summed E-state index contributed by atoms with van der Waals surface area (Å²) in [6.45, 7) is 3.72. The maximum Gasteiger partial charge on any atom is 0.232 e. The van der Waals surface area contributed by atoms with Crippen molar-refractivity contribution >= 4 is 17.7 Å². The first kappa shape index (κ1) is 11.1. The number of carbonyl (C=O) groups excluding carboxylic acids is 1. The normalized spacial score (nSPS) is 12.5. The van der Waals surface area contributed by atoms with E-state index in [2.05, 4.69) is 10.5 Å². The molecule has 0 fully saturated rings. The van der Waals surface area contributed by atoms with Gasteiger partial charge >= 0.3 is 0 Å². The van der Waals surface area contributed by atoms with Crippen LogP contribution in [-0.2, 0) is 10.5 Å². The topological polar surface area (TPSA) is 55.1 Å². The summed E-state index contributed by atoms with van der Waals surface area (Å²) >= 11 is 1.54. The van der Waals surface area contributed by atoms with Crippen molar-refractivity contribution in [2.24, 2.45) is 0 Å². The Morgan fingerprint density at radius 3 is 3.00 bits per heavy atom. The van der Waals surface area contributed by atoms with E-state index in [1.807, 2.05) is 19.9 Å². The van der Waals surface area contributed by atoms with Crippen LogP contribution < -0.4 is 5.32 Å². The average molecular weight is 214 g/mol. The van der Waals surface area contributed by atoms with Crippen LogP contribution in [0.3, 0.4) is 0 Å². The molecule has 1 N–H and O–H groups in total. The molecule has 1 aromatic rings. The molecule has 1 atom stereocenters. The highest BCUT2D eigenvalue weighted by molar-refractivity contribution is 7.99. The van der Waals surface area contributed by atoms with E-state index in [1.165, 1.54) is 0 Å². The molecule has 0 spiro atoms. The third-order valence-electron chi connectivity index (χ3n) is 1.77. The van der Waals surface area contributed by atoms with Crippen molar-refractivity contribution in [3.05, 3.63) is 17.5 Å². The molecule has 0 unspecified atom stereocenters. The Kier molecular flexibility index (Phi) is 4.00. The fraction of sp³-hybridized carbons (Fsp3) is 0.556. The van der Waals surface area contributed by atoms with E-state index in [4.69, 9.17) is 4.52 Å². The van der Waals surface area contributed by atoms with Crippen LogP contribution in [0.1, 0.15) is 18.4 Å². The van der Waals surface area contributed by atoms with E-state index in [0.29, 0.717) is 5.75 Å². The number of rotatable bonds is 4. The van der Waals surface area contributed by atoms with Crippen LogP contribution in [0.4, 0.5) is 0 Å². The van der Waals surface area contributed by atoms with Crippen LogP contribution in [-0.4, -0.2) is 23.4 Å². The van der Waals surface area contributed by atoms with E-state index in [-0.39, 0.29) is 11.2 Å². The smallest absolute Gasteiger partial charge is 0.232 e. The minimum atomic E-state index is -0.0583. The summed E-state index contributed by atoms with van der Waals surface area (Å²) in [7, 11) is 1.64. The van der Waals surface area contributed by atoms with Gasteiger partial charge < -0.3 is 9.84 Å². The van der Waals surface area contributed by atoms with Crippen molar-refractivity contribution in [2.45, 2.75) is 24.9 Å². The lowest BCUT2D eigenvalue weighted by molar-refractivity contribution is -0.119. The van der Waals surface area contributed by atoms with Gasteiger partial charge in [-0.05, 0) is 13.8 Å². The number of carbonyl (C=O) groups is 1. The molecular weight excluding hydrogens is 200 g/mol. The minimum absolute atomic E-state index is 0.0372. The van der Waals surface area contributed by atoms with Crippen LogP contribution in [0.5, 0.6) is 0 Å². The van der Waals surface area contributed by atoms with Gasteiger partial charge in [0.1, 0.15) is 5.76 Å². The van der Waals surface area contributed by atoms with E-state index in [1.54, 1.807) is 18.8 Å². The molecule has 0 radical (unpaired) electrons. The zero-order chi connectivity index (χ0) is 10.6. The zero-order valence-corrected chi connectivity index (χ0v) is 9.35. The second-order valence-corrected chi connectivity index (χ2v) is 4.33. The van der Waals surface area contributed by atoms with Gasteiger partial charge in [-0.2, -0.15) is 0 Å². The highest BCUT2D eigenvalue weighted by Gasteiger charge is 2.12. The number of nitrogens with zero attached hydrogens (tertiary/aromatic N) is 1. The quantitative estimate of drug-likeness (QED) is 0.822. The highest BCUT2D eigenvalue weighted by atomic mass is 32.2. The summed E-state index contributed by atoms with van der Waals surface area (Å²) < 4.78 is 4.92. The fourth-order valence-corrected chi connectivity index (χ4v) is 1.80.